The molecule has 1 fully saturated rings. The number of nitrogens with one attached hydrogen (secondary N) is 1. The third kappa shape index (κ3) is 3.68. The Balaban J connectivity index is 1.76. The van der Waals surface area contributed by atoms with Crippen LogP contribution in [0.25, 0.3) is 0 Å². The first kappa shape index (κ1) is 13.3. The molecular weight excluding hydrogens is 228 g/mol. The molecule has 18 heavy (non-hydrogen) atoms. The highest BCUT2D eigenvalue weighted by atomic mass is 16.3. The van der Waals surface area contributed by atoms with Gasteiger partial charge in [0.15, 0.2) is 0 Å². The Labute approximate surface area is 108 Å². The minimum atomic E-state index is -0.0938. The second kappa shape index (κ2) is 6.16. The lowest BCUT2D eigenvalue weighted by Gasteiger charge is -2.25. The zero-order valence-electron chi connectivity index (χ0n) is 10.9. The van der Waals surface area contributed by atoms with E-state index in [0.717, 1.165) is 37.9 Å². The molecule has 0 unspecified atom stereocenters. The van der Waals surface area contributed by atoms with Gasteiger partial charge in [0.1, 0.15) is 5.75 Å². The predicted octanol–water partition coefficient (Wildman–Crippen LogP) is 1.74. The van der Waals surface area contributed by atoms with Crippen molar-refractivity contribution in [1.29, 1.82) is 0 Å². The molecule has 4 heteroatoms. The molecule has 1 aromatic heterocycles. The molecule has 1 aromatic rings. The number of aromatic hydroxyl groups is 1. The monoisotopic (exact) mass is 250 g/mol. The van der Waals surface area contributed by atoms with Crippen LogP contribution in [-0.4, -0.2) is 27.8 Å². The number of hydrogen-bond donors (Lipinski definition) is 3. The Morgan fingerprint density at radius 1 is 1.28 bits per heavy atom. The van der Waals surface area contributed by atoms with E-state index in [2.05, 4.69) is 10.3 Å². The minimum absolute atomic E-state index is 0.0938. The van der Waals surface area contributed by atoms with E-state index in [1.54, 1.807) is 12.1 Å². The van der Waals surface area contributed by atoms with Gasteiger partial charge in [0.25, 0.3) is 0 Å². The molecular formula is C14H22N2O2. The fraction of sp³-hybridized carbons (Fsp3) is 0.643. The molecule has 0 aliphatic heterocycles. The van der Waals surface area contributed by atoms with Gasteiger partial charge in [-0.25, -0.2) is 0 Å². The highest BCUT2D eigenvalue weighted by Gasteiger charge is 2.18. The van der Waals surface area contributed by atoms with Crippen LogP contribution in [0.3, 0.4) is 0 Å². The van der Waals surface area contributed by atoms with Crippen LogP contribution in [0.5, 0.6) is 5.75 Å². The third-order valence-electron chi connectivity index (χ3n) is 3.63. The van der Waals surface area contributed by atoms with Crippen molar-refractivity contribution in [3.05, 3.63) is 23.5 Å². The zero-order valence-corrected chi connectivity index (χ0v) is 10.9. The van der Waals surface area contributed by atoms with E-state index in [0.29, 0.717) is 18.2 Å². The summed E-state index contributed by atoms with van der Waals surface area (Å²) in [6, 6.07) is 3.50. The number of aromatic nitrogens is 1. The standard InChI is InChI=1S/C14H22N2O2/c1-10-2-7-14(18)13(16-10)9-15-8-11-3-5-12(17)6-4-11/h2,7,11-12,15,17-18H,3-6,8-9H2,1H3. The molecule has 3 N–H and O–H groups in total. The molecule has 2 rings (SSSR count). The van der Waals surface area contributed by atoms with Crippen LogP contribution in [0.1, 0.15) is 37.1 Å². The van der Waals surface area contributed by atoms with Crippen LogP contribution in [0, 0.1) is 12.8 Å². The smallest absolute Gasteiger partial charge is 0.138 e. The average molecular weight is 250 g/mol. The van der Waals surface area contributed by atoms with Crippen molar-refractivity contribution in [3.8, 4) is 5.75 Å². The molecule has 0 atom stereocenters. The van der Waals surface area contributed by atoms with Crippen molar-refractivity contribution < 1.29 is 10.2 Å². The van der Waals surface area contributed by atoms with E-state index >= 15 is 0 Å². The van der Waals surface area contributed by atoms with Crippen molar-refractivity contribution in [2.24, 2.45) is 5.92 Å². The second-order valence-electron chi connectivity index (χ2n) is 5.22. The Bertz CT molecular complexity index is 387. The summed E-state index contributed by atoms with van der Waals surface area (Å²) in [7, 11) is 0. The minimum Gasteiger partial charge on any atom is -0.506 e. The molecule has 1 aliphatic rings. The van der Waals surface area contributed by atoms with Gasteiger partial charge >= 0.3 is 0 Å². The largest absolute Gasteiger partial charge is 0.506 e. The fourth-order valence-corrected chi connectivity index (χ4v) is 2.48. The highest BCUT2D eigenvalue weighted by Crippen LogP contribution is 2.23. The number of rotatable bonds is 4. The molecule has 0 amide bonds. The van der Waals surface area contributed by atoms with Crippen LogP contribution in [0.4, 0.5) is 0 Å². The first-order valence-electron chi connectivity index (χ1n) is 6.69. The number of nitrogens with zero attached hydrogens (tertiary/aromatic N) is 1. The van der Waals surface area contributed by atoms with Crippen molar-refractivity contribution >= 4 is 0 Å². The lowest BCUT2D eigenvalue weighted by Crippen LogP contribution is -2.28. The average Bonchev–Trinajstić information content (AvgIpc) is 2.36. The maximum Gasteiger partial charge on any atom is 0.138 e. The van der Waals surface area contributed by atoms with E-state index in [-0.39, 0.29) is 11.9 Å². The van der Waals surface area contributed by atoms with Crippen molar-refractivity contribution in [2.75, 3.05) is 6.54 Å². The maximum atomic E-state index is 9.67. The zero-order chi connectivity index (χ0) is 13.0. The number of aliphatic hydroxyl groups is 1. The molecule has 4 nitrogen and oxygen atoms in total. The summed E-state index contributed by atoms with van der Waals surface area (Å²) >= 11 is 0. The van der Waals surface area contributed by atoms with Gasteiger partial charge in [0, 0.05) is 12.2 Å². The Hall–Kier alpha value is -1.13. The number of aliphatic hydroxyl groups excluding tert-OH is 1. The SMILES string of the molecule is Cc1ccc(O)c(CNCC2CCC(O)CC2)n1. The van der Waals surface area contributed by atoms with Crippen molar-refractivity contribution in [1.82, 2.24) is 10.3 Å². The Kier molecular flexibility index (Phi) is 4.55. The van der Waals surface area contributed by atoms with Crippen LogP contribution in [-0.2, 0) is 6.54 Å². The molecule has 0 spiro atoms. The second-order valence-corrected chi connectivity index (χ2v) is 5.22. The van der Waals surface area contributed by atoms with Crippen LogP contribution >= 0.6 is 0 Å². The molecule has 1 saturated carbocycles. The Morgan fingerprint density at radius 3 is 2.72 bits per heavy atom. The summed E-state index contributed by atoms with van der Waals surface area (Å²) in [5, 5.41) is 22.5. The van der Waals surface area contributed by atoms with E-state index in [9.17, 15) is 10.2 Å². The van der Waals surface area contributed by atoms with Crippen molar-refractivity contribution in [2.45, 2.75) is 45.3 Å². The topological polar surface area (TPSA) is 65.4 Å². The van der Waals surface area contributed by atoms with Crippen LogP contribution < -0.4 is 5.32 Å². The number of pyridine rings is 1. The normalized spacial score (nSPS) is 24.1. The first-order chi connectivity index (χ1) is 8.65. The van der Waals surface area contributed by atoms with Gasteiger partial charge in [-0.2, -0.15) is 0 Å². The van der Waals surface area contributed by atoms with E-state index in [1.165, 1.54) is 0 Å². The predicted molar refractivity (Wildman–Crippen MR) is 70.3 cm³/mol. The fourth-order valence-electron chi connectivity index (χ4n) is 2.48. The molecule has 0 aromatic carbocycles. The van der Waals surface area contributed by atoms with Gasteiger partial charge in [0.05, 0.1) is 11.8 Å². The lowest BCUT2D eigenvalue weighted by atomic mass is 9.87. The maximum absolute atomic E-state index is 9.67. The van der Waals surface area contributed by atoms with Crippen molar-refractivity contribution in [3.63, 3.8) is 0 Å². The van der Waals surface area contributed by atoms with E-state index < -0.39 is 0 Å². The third-order valence-corrected chi connectivity index (χ3v) is 3.63. The number of aryl methyl sites for hydroxylation is 1. The summed E-state index contributed by atoms with van der Waals surface area (Å²) in [5.74, 6) is 0.896. The van der Waals surface area contributed by atoms with Gasteiger partial charge in [-0.05, 0) is 57.2 Å². The number of hydrogen-bond acceptors (Lipinski definition) is 4. The van der Waals surface area contributed by atoms with Gasteiger partial charge in [0.2, 0.25) is 0 Å². The van der Waals surface area contributed by atoms with Crippen LogP contribution in [0.15, 0.2) is 12.1 Å². The van der Waals surface area contributed by atoms with Gasteiger partial charge < -0.3 is 15.5 Å². The summed E-state index contributed by atoms with van der Waals surface area (Å²) in [4.78, 5) is 4.31. The quantitative estimate of drug-likeness (QED) is 0.761. The van der Waals surface area contributed by atoms with Gasteiger partial charge in [-0.15, -0.1) is 0 Å². The summed E-state index contributed by atoms with van der Waals surface area (Å²) in [6.45, 7) is 3.46. The Morgan fingerprint density at radius 2 is 2.00 bits per heavy atom. The lowest BCUT2D eigenvalue weighted by molar-refractivity contribution is 0.108. The highest BCUT2D eigenvalue weighted by molar-refractivity contribution is 5.27. The van der Waals surface area contributed by atoms with E-state index in [1.807, 2.05) is 6.92 Å². The summed E-state index contributed by atoms with van der Waals surface area (Å²) in [6.07, 6.45) is 3.91. The van der Waals surface area contributed by atoms with Gasteiger partial charge in [-0.1, -0.05) is 0 Å². The molecule has 0 radical (unpaired) electrons. The molecule has 0 bridgehead atoms. The summed E-state index contributed by atoms with van der Waals surface area (Å²) < 4.78 is 0. The van der Waals surface area contributed by atoms with Gasteiger partial charge in [-0.3, -0.25) is 4.98 Å². The molecule has 100 valence electrons. The summed E-state index contributed by atoms with van der Waals surface area (Å²) in [5.41, 5.74) is 1.64. The van der Waals surface area contributed by atoms with E-state index in [4.69, 9.17) is 0 Å². The first-order valence-corrected chi connectivity index (χ1v) is 6.69. The molecule has 1 heterocycles. The molecule has 1 aliphatic carbocycles. The van der Waals surface area contributed by atoms with Crippen LogP contribution in [0.2, 0.25) is 0 Å². The molecule has 0 saturated heterocycles.